The lowest BCUT2D eigenvalue weighted by molar-refractivity contribution is 0.157. The van der Waals surface area contributed by atoms with Gasteiger partial charge in [-0.25, -0.2) is 14.0 Å². The molecular formula is C12H13FN2O4. The normalized spacial score (nSPS) is 14.4. The molecule has 2 amide bonds. The summed E-state index contributed by atoms with van der Waals surface area (Å²) in [7, 11) is 0. The molecule has 0 radical (unpaired) electrons. The topological polar surface area (TPSA) is 78.9 Å². The van der Waals surface area contributed by atoms with E-state index in [2.05, 4.69) is 5.32 Å². The fraction of sp³-hybridized carbons (Fsp3) is 0.333. The van der Waals surface area contributed by atoms with Crippen molar-refractivity contribution in [2.24, 2.45) is 0 Å². The van der Waals surface area contributed by atoms with Gasteiger partial charge in [-0.2, -0.15) is 0 Å². The Morgan fingerprint density at radius 1 is 1.47 bits per heavy atom. The maximum Gasteiger partial charge on any atom is 0.410 e. The van der Waals surface area contributed by atoms with Gasteiger partial charge >= 0.3 is 12.2 Å². The molecule has 1 aromatic carbocycles. The number of halogens is 1. The van der Waals surface area contributed by atoms with E-state index >= 15 is 0 Å². The van der Waals surface area contributed by atoms with Crippen LogP contribution in [0.3, 0.4) is 0 Å². The van der Waals surface area contributed by atoms with Crippen LogP contribution in [0.2, 0.25) is 0 Å². The first-order valence-corrected chi connectivity index (χ1v) is 5.72. The molecule has 1 aromatic rings. The lowest BCUT2D eigenvalue weighted by Crippen LogP contribution is -2.25. The van der Waals surface area contributed by atoms with E-state index in [0.29, 0.717) is 18.7 Å². The molecule has 0 unspecified atom stereocenters. The minimum absolute atomic E-state index is 0.112. The molecule has 6 nitrogen and oxygen atoms in total. The van der Waals surface area contributed by atoms with Gasteiger partial charge in [0.25, 0.3) is 0 Å². The van der Waals surface area contributed by atoms with E-state index in [-0.39, 0.29) is 18.7 Å². The van der Waals surface area contributed by atoms with Gasteiger partial charge in [-0.05, 0) is 0 Å². The van der Waals surface area contributed by atoms with Gasteiger partial charge in [-0.1, -0.05) is 18.2 Å². The van der Waals surface area contributed by atoms with Gasteiger partial charge in [-0.3, -0.25) is 0 Å². The van der Waals surface area contributed by atoms with Crippen molar-refractivity contribution in [3.8, 4) is 0 Å². The second-order valence-corrected chi connectivity index (χ2v) is 4.08. The number of amides is 2. The van der Waals surface area contributed by atoms with Gasteiger partial charge < -0.3 is 20.1 Å². The van der Waals surface area contributed by atoms with Crippen molar-refractivity contribution in [3.05, 3.63) is 35.1 Å². The zero-order chi connectivity index (χ0) is 13.8. The highest BCUT2D eigenvalue weighted by Gasteiger charge is 2.23. The van der Waals surface area contributed by atoms with Crippen LogP contribution in [-0.2, 0) is 17.8 Å². The van der Waals surface area contributed by atoms with E-state index in [0.717, 1.165) is 0 Å². The summed E-state index contributed by atoms with van der Waals surface area (Å²) in [6.45, 7) is 0.738. The Hall–Kier alpha value is -2.31. The number of benzene rings is 1. The summed E-state index contributed by atoms with van der Waals surface area (Å²) < 4.78 is 18.9. The van der Waals surface area contributed by atoms with Crippen molar-refractivity contribution in [1.29, 1.82) is 0 Å². The van der Waals surface area contributed by atoms with Gasteiger partial charge in [0.2, 0.25) is 0 Å². The molecule has 1 heterocycles. The van der Waals surface area contributed by atoms with E-state index < -0.39 is 18.0 Å². The molecule has 0 bridgehead atoms. The summed E-state index contributed by atoms with van der Waals surface area (Å²) in [5.74, 6) is -0.504. The fourth-order valence-corrected chi connectivity index (χ4v) is 1.84. The zero-order valence-electron chi connectivity index (χ0n) is 10.1. The molecule has 0 spiro atoms. The van der Waals surface area contributed by atoms with Gasteiger partial charge in [0, 0.05) is 17.7 Å². The number of ether oxygens (including phenoxy) is 1. The molecule has 0 aliphatic carbocycles. The average molecular weight is 268 g/mol. The third-order valence-electron chi connectivity index (χ3n) is 2.79. The maximum absolute atomic E-state index is 14.1. The largest absolute Gasteiger partial charge is 0.465 e. The number of carbonyl (C=O) groups is 2. The number of carbonyl (C=O) groups excluding carboxylic acids is 1. The number of rotatable bonds is 4. The molecule has 1 fully saturated rings. The first-order valence-electron chi connectivity index (χ1n) is 5.72. The second-order valence-electron chi connectivity index (χ2n) is 4.08. The summed E-state index contributed by atoms with van der Waals surface area (Å²) in [6.07, 6.45) is -1.68. The first kappa shape index (κ1) is 13.1. The molecule has 0 atom stereocenters. The average Bonchev–Trinajstić information content (AvgIpc) is 2.76. The number of hydrogen-bond acceptors (Lipinski definition) is 3. The predicted octanol–water partition coefficient (Wildman–Crippen LogP) is 1.55. The number of nitrogens with one attached hydrogen (secondary N) is 1. The Labute approximate surface area is 108 Å². The standard InChI is InChI=1S/C12H13FN2O4/c13-10-8(6-14-11(16)17)2-1-3-9(10)7-15-4-5-19-12(15)18/h1-3,14H,4-7H2,(H,16,17). The fourth-order valence-electron chi connectivity index (χ4n) is 1.84. The molecule has 1 saturated heterocycles. The summed E-state index contributed by atoms with van der Waals surface area (Å²) in [5.41, 5.74) is 0.580. The van der Waals surface area contributed by atoms with Crippen LogP contribution in [0.15, 0.2) is 18.2 Å². The third kappa shape index (κ3) is 3.12. The summed E-state index contributed by atoms with van der Waals surface area (Å²) in [6, 6.07) is 4.68. The minimum Gasteiger partial charge on any atom is -0.465 e. The molecule has 0 saturated carbocycles. The Balaban J connectivity index is 2.10. The molecular weight excluding hydrogens is 255 g/mol. The molecule has 102 valence electrons. The number of nitrogens with zero attached hydrogens (tertiary/aromatic N) is 1. The van der Waals surface area contributed by atoms with Gasteiger partial charge in [0.1, 0.15) is 12.4 Å². The van der Waals surface area contributed by atoms with Crippen molar-refractivity contribution in [2.75, 3.05) is 13.2 Å². The number of cyclic esters (lactones) is 1. The Morgan fingerprint density at radius 2 is 2.21 bits per heavy atom. The quantitative estimate of drug-likeness (QED) is 0.868. The van der Waals surface area contributed by atoms with E-state index in [1.807, 2.05) is 0 Å². The maximum atomic E-state index is 14.1. The van der Waals surface area contributed by atoms with Gasteiger partial charge in [0.05, 0.1) is 13.1 Å². The summed E-state index contributed by atoms with van der Waals surface area (Å²) in [4.78, 5) is 23.1. The number of carboxylic acid groups (broad SMARTS) is 1. The van der Waals surface area contributed by atoms with Crippen LogP contribution in [0, 0.1) is 5.82 Å². The predicted molar refractivity (Wildman–Crippen MR) is 63.0 cm³/mol. The van der Waals surface area contributed by atoms with Crippen molar-refractivity contribution in [2.45, 2.75) is 13.1 Å². The molecule has 7 heteroatoms. The first-order chi connectivity index (χ1) is 9.08. The molecule has 1 aliphatic rings. The van der Waals surface area contributed by atoms with Crippen LogP contribution in [0.25, 0.3) is 0 Å². The van der Waals surface area contributed by atoms with Crippen LogP contribution >= 0.6 is 0 Å². The second kappa shape index (κ2) is 5.55. The van der Waals surface area contributed by atoms with E-state index in [1.165, 1.54) is 11.0 Å². The van der Waals surface area contributed by atoms with Crippen LogP contribution in [0.5, 0.6) is 0 Å². The van der Waals surface area contributed by atoms with Crippen LogP contribution in [0.4, 0.5) is 14.0 Å². The van der Waals surface area contributed by atoms with E-state index in [4.69, 9.17) is 9.84 Å². The Bertz CT molecular complexity index is 507. The van der Waals surface area contributed by atoms with E-state index in [9.17, 15) is 14.0 Å². The molecule has 2 N–H and O–H groups in total. The van der Waals surface area contributed by atoms with Crippen molar-refractivity contribution < 1.29 is 23.8 Å². The van der Waals surface area contributed by atoms with Crippen molar-refractivity contribution in [1.82, 2.24) is 10.2 Å². The molecule has 1 aliphatic heterocycles. The lowest BCUT2D eigenvalue weighted by atomic mass is 10.1. The SMILES string of the molecule is O=C(O)NCc1cccc(CN2CCOC2=O)c1F. The zero-order valence-corrected chi connectivity index (χ0v) is 10.1. The third-order valence-corrected chi connectivity index (χ3v) is 2.79. The molecule has 0 aromatic heterocycles. The minimum atomic E-state index is -1.21. The van der Waals surface area contributed by atoms with Crippen molar-refractivity contribution in [3.63, 3.8) is 0 Å². The van der Waals surface area contributed by atoms with Gasteiger partial charge in [-0.15, -0.1) is 0 Å². The molecule has 2 rings (SSSR count). The highest BCUT2D eigenvalue weighted by molar-refractivity contribution is 5.69. The summed E-state index contributed by atoms with van der Waals surface area (Å²) in [5, 5.41) is 10.6. The molecule has 19 heavy (non-hydrogen) atoms. The lowest BCUT2D eigenvalue weighted by Gasteiger charge is -2.14. The highest BCUT2D eigenvalue weighted by Crippen LogP contribution is 2.17. The van der Waals surface area contributed by atoms with Crippen LogP contribution in [0.1, 0.15) is 11.1 Å². The van der Waals surface area contributed by atoms with Crippen LogP contribution in [-0.4, -0.2) is 35.3 Å². The van der Waals surface area contributed by atoms with E-state index in [1.54, 1.807) is 12.1 Å². The van der Waals surface area contributed by atoms with Crippen molar-refractivity contribution >= 4 is 12.2 Å². The summed E-state index contributed by atoms with van der Waals surface area (Å²) >= 11 is 0. The smallest absolute Gasteiger partial charge is 0.410 e. The monoisotopic (exact) mass is 268 g/mol. The van der Waals surface area contributed by atoms with Gasteiger partial charge in [0.15, 0.2) is 0 Å². The number of hydrogen-bond donors (Lipinski definition) is 2. The Morgan fingerprint density at radius 3 is 2.84 bits per heavy atom. The highest BCUT2D eigenvalue weighted by atomic mass is 19.1. The van der Waals surface area contributed by atoms with Crippen LogP contribution < -0.4 is 5.32 Å². The Kier molecular flexibility index (Phi) is 3.84.